The summed E-state index contributed by atoms with van der Waals surface area (Å²) in [6.45, 7) is 9.67. The van der Waals surface area contributed by atoms with Gasteiger partial charge in [0, 0.05) is 6.42 Å². The number of amides is 1. The molecule has 1 aromatic carbocycles. The van der Waals surface area contributed by atoms with Crippen molar-refractivity contribution in [3.05, 3.63) is 35.4 Å². The van der Waals surface area contributed by atoms with Crippen molar-refractivity contribution in [2.24, 2.45) is 10.7 Å². The number of hydrogen-bond acceptors (Lipinski definition) is 2. The average Bonchev–Trinajstić information content (AvgIpc) is 2.26. The van der Waals surface area contributed by atoms with Crippen molar-refractivity contribution in [2.45, 2.75) is 52.6 Å². The normalized spacial score (nSPS) is 12.6. The summed E-state index contributed by atoms with van der Waals surface area (Å²) in [6, 6.07) is 8.15. The van der Waals surface area contributed by atoms with Gasteiger partial charge in [0.25, 0.3) is 0 Å². The molecule has 0 aromatic heterocycles. The van der Waals surface area contributed by atoms with Gasteiger partial charge in [0.05, 0.1) is 0 Å². The summed E-state index contributed by atoms with van der Waals surface area (Å²) in [5, 5.41) is 0. The van der Waals surface area contributed by atoms with E-state index in [1.807, 2.05) is 12.1 Å². The Bertz CT molecular complexity index is 482. The smallest absolute Gasteiger partial charge is 0.435 e. The summed E-state index contributed by atoms with van der Waals surface area (Å²) in [6.07, 6.45) is -0.203. The van der Waals surface area contributed by atoms with E-state index < -0.39 is 11.7 Å². The summed E-state index contributed by atoms with van der Waals surface area (Å²) in [4.78, 5) is 15.3. The first-order valence-corrected chi connectivity index (χ1v) is 6.82. The summed E-state index contributed by atoms with van der Waals surface area (Å²) < 4.78 is 5.09. The molecule has 0 saturated carbocycles. The maximum atomic E-state index is 11.5. The summed E-state index contributed by atoms with van der Waals surface area (Å²) >= 11 is 0. The maximum absolute atomic E-state index is 11.5. The number of ether oxygens (including phenoxy) is 1. The number of hydrogen-bond donors (Lipinski definition) is 1. The summed E-state index contributed by atoms with van der Waals surface area (Å²) in [5.41, 5.74) is 7.52. The number of carbonyl (C=O) groups is 1. The third-order valence-electron chi connectivity index (χ3n) is 2.66. The number of carbonyl (C=O) groups excluding carboxylic acids is 1. The first-order valence-electron chi connectivity index (χ1n) is 6.82. The number of benzene rings is 1. The van der Waals surface area contributed by atoms with Crippen LogP contribution in [0.1, 0.15) is 51.7 Å². The zero-order valence-corrected chi connectivity index (χ0v) is 12.9. The highest BCUT2D eigenvalue weighted by molar-refractivity contribution is 5.92. The third kappa shape index (κ3) is 5.87. The molecule has 0 aliphatic heterocycles. The molecular formula is C16H24N2O2. The van der Waals surface area contributed by atoms with Crippen LogP contribution in [0, 0.1) is 0 Å². The molecule has 1 amide bonds. The minimum atomic E-state index is -0.645. The topological polar surface area (TPSA) is 64.7 Å². The monoisotopic (exact) mass is 276 g/mol. The van der Waals surface area contributed by atoms with Gasteiger partial charge in [-0.05, 0) is 37.8 Å². The first kappa shape index (κ1) is 16.2. The quantitative estimate of drug-likeness (QED) is 0.677. The van der Waals surface area contributed by atoms with Crippen LogP contribution in [0.25, 0.3) is 0 Å². The number of nitrogens with two attached hydrogens (primary N) is 1. The van der Waals surface area contributed by atoms with E-state index in [1.54, 1.807) is 20.8 Å². The van der Waals surface area contributed by atoms with Crippen molar-refractivity contribution >= 4 is 11.9 Å². The van der Waals surface area contributed by atoms with Gasteiger partial charge in [0.15, 0.2) is 0 Å². The van der Waals surface area contributed by atoms with Crippen molar-refractivity contribution in [1.82, 2.24) is 0 Å². The Kier molecular flexibility index (Phi) is 5.31. The van der Waals surface area contributed by atoms with Gasteiger partial charge in [-0.15, -0.1) is 0 Å². The SMILES string of the molecule is CC(C)c1ccc(C/C(N)=N/C(=O)OC(C)(C)C)cc1. The molecule has 0 aliphatic rings. The molecule has 4 heteroatoms. The molecule has 20 heavy (non-hydrogen) atoms. The second kappa shape index (κ2) is 6.55. The number of amidine groups is 1. The van der Waals surface area contributed by atoms with Crippen LogP contribution in [0.15, 0.2) is 29.3 Å². The van der Waals surface area contributed by atoms with Crippen LogP contribution >= 0.6 is 0 Å². The van der Waals surface area contributed by atoms with Crippen LogP contribution in [0.2, 0.25) is 0 Å². The minimum absolute atomic E-state index is 0.261. The van der Waals surface area contributed by atoms with Crippen molar-refractivity contribution in [1.29, 1.82) is 0 Å². The molecule has 2 N–H and O–H groups in total. The Morgan fingerprint density at radius 2 is 1.80 bits per heavy atom. The highest BCUT2D eigenvalue weighted by Crippen LogP contribution is 2.15. The fraction of sp³-hybridized carbons (Fsp3) is 0.500. The van der Waals surface area contributed by atoms with Crippen LogP contribution in [0.3, 0.4) is 0 Å². The Morgan fingerprint density at radius 3 is 2.25 bits per heavy atom. The van der Waals surface area contributed by atoms with E-state index in [0.29, 0.717) is 12.3 Å². The summed E-state index contributed by atoms with van der Waals surface area (Å²) in [5.74, 6) is 0.758. The van der Waals surface area contributed by atoms with Crippen LogP contribution in [0.4, 0.5) is 4.79 Å². The van der Waals surface area contributed by atoms with Gasteiger partial charge < -0.3 is 10.5 Å². The van der Waals surface area contributed by atoms with Crippen molar-refractivity contribution < 1.29 is 9.53 Å². The number of rotatable bonds is 3. The molecule has 0 unspecified atom stereocenters. The van der Waals surface area contributed by atoms with Crippen molar-refractivity contribution in [3.63, 3.8) is 0 Å². The molecule has 1 rings (SSSR count). The van der Waals surface area contributed by atoms with Crippen LogP contribution in [0.5, 0.6) is 0 Å². The van der Waals surface area contributed by atoms with Crippen LogP contribution < -0.4 is 5.73 Å². The molecule has 0 radical (unpaired) electrons. The molecule has 0 aliphatic carbocycles. The lowest BCUT2D eigenvalue weighted by Crippen LogP contribution is -2.24. The lowest BCUT2D eigenvalue weighted by Gasteiger charge is -2.17. The molecular weight excluding hydrogens is 252 g/mol. The van der Waals surface area contributed by atoms with E-state index in [9.17, 15) is 4.79 Å². The maximum Gasteiger partial charge on any atom is 0.435 e. The molecule has 0 spiro atoms. The fourth-order valence-corrected chi connectivity index (χ4v) is 1.67. The van der Waals surface area contributed by atoms with Gasteiger partial charge in [-0.1, -0.05) is 38.1 Å². The molecule has 110 valence electrons. The predicted octanol–water partition coefficient (Wildman–Crippen LogP) is 3.64. The first-order chi connectivity index (χ1) is 9.17. The van der Waals surface area contributed by atoms with Gasteiger partial charge in [0.2, 0.25) is 0 Å². The molecule has 1 aromatic rings. The zero-order chi connectivity index (χ0) is 15.3. The highest BCUT2D eigenvalue weighted by atomic mass is 16.6. The summed E-state index contributed by atoms with van der Waals surface area (Å²) in [7, 11) is 0. The fourth-order valence-electron chi connectivity index (χ4n) is 1.67. The standard InChI is InChI=1S/C16H24N2O2/c1-11(2)13-8-6-12(7-9-13)10-14(17)18-15(19)20-16(3,4)5/h6-9,11H,10H2,1-5H3,(H2,17,18,19). The Labute approximate surface area is 121 Å². The molecule has 0 bridgehead atoms. The Balaban J connectivity index is 2.65. The van der Waals surface area contributed by atoms with E-state index in [4.69, 9.17) is 10.5 Å². The van der Waals surface area contributed by atoms with Crippen LogP contribution in [-0.4, -0.2) is 17.5 Å². The minimum Gasteiger partial charge on any atom is -0.442 e. The van der Waals surface area contributed by atoms with E-state index in [2.05, 4.69) is 31.0 Å². The van der Waals surface area contributed by atoms with Gasteiger partial charge in [-0.3, -0.25) is 0 Å². The second-order valence-corrected chi connectivity index (χ2v) is 6.16. The lowest BCUT2D eigenvalue weighted by atomic mass is 10.0. The largest absolute Gasteiger partial charge is 0.442 e. The van der Waals surface area contributed by atoms with E-state index in [-0.39, 0.29) is 5.84 Å². The van der Waals surface area contributed by atoms with Gasteiger partial charge >= 0.3 is 6.09 Å². The highest BCUT2D eigenvalue weighted by Gasteiger charge is 2.15. The number of aliphatic imine (C=N–C) groups is 1. The van der Waals surface area contributed by atoms with Crippen LogP contribution in [-0.2, 0) is 11.2 Å². The van der Waals surface area contributed by atoms with Gasteiger partial charge in [-0.25, -0.2) is 4.79 Å². The lowest BCUT2D eigenvalue weighted by molar-refractivity contribution is 0.0604. The van der Waals surface area contributed by atoms with Crippen molar-refractivity contribution in [3.8, 4) is 0 Å². The van der Waals surface area contributed by atoms with E-state index >= 15 is 0 Å². The average molecular weight is 276 g/mol. The molecule has 0 atom stereocenters. The molecule has 4 nitrogen and oxygen atoms in total. The van der Waals surface area contributed by atoms with Gasteiger partial charge in [-0.2, -0.15) is 4.99 Å². The zero-order valence-electron chi connectivity index (χ0n) is 12.9. The molecule has 0 saturated heterocycles. The Morgan fingerprint density at radius 1 is 1.25 bits per heavy atom. The van der Waals surface area contributed by atoms with Crippen molar-refractivity contribution in [2.75, 3.05) is 0 Å². The predicted molar refractivity (Wildman–Crippen MR) is 82.1 cm³/mol. The second-order valence-electron chi connectivity index (χ2n) is 6.16. The van der Waals surface area contributed by atoms with E-state index in [0.717, 1.165) is 5.56 Å². The van der Waals surface area contributed by atoms with E-state index in [1.165, 1.54) is 5.56 Å². The Hall–Kier alpha value is -1.84. The molecule has 0 heterocycles. The third-order valence-corrected chi connectivity index (χ3v) is 2.66. The van der Waals surface area contributed by atoms with Gasteiger partial charge in [0.1, 0.15) is 11.4 Å². The number of nitrogens with zero attached hydrogens (tertiary/aromatic N) is 1. The molecule has 0 fully saturated rings.